The molecule has 0 spiro atoms. The van der Waals surface area contributed by atoms with Gasteiger partial charge in [0, 0.05) is 6.07 Å². The Hall–Kier alpha value is -1.99. The number of hydrogen-bond acceptors (Lipinski definition) is 3. The Balaban J connectivity index is 2.17. The lowest BCUT2D eigenvalue weighted by molar-refractivity contribution is -0.105. The van der Waals surface area contributed by atoms with Crippen LogP contribution in [-0.4, -0.2) is 25.4 Å². The van der Waals surface area contributed by atoms with Crippen molar-refractivity contribution in [2.75, 3.05) is 5.32 Å². The second-order valence-corrected chi connectivity index (χ2v) is 4.52. The molecule has 0 aliphatic heterocycles. The third-order valence-electron chi connectivity index (χ3n) is 2.34. The van der Waals surface area contributed by atoms with E-state index in [1.807, 2.05) is 12.1 Å². The number of rotatable bonds is 5. The fourth-order valence-corrected chi connectivity index (χ4v) is 2.00. The summed E-state index contributed by atoms with van der Waals surface area (Å²) in [6.45, 7) is 0. The topological polar surface area (TPSA) is 95.1 Å². The third kappa shape index (κ3) is 3.02. The van der Waals surface area contributed by atoms with Crippen LogP contribution in [0.25, 0.3) is 11.3 Å². The van der Waals surface area contributed by atoms with Gasteiger partial charge in [0.2, 0.25) is 6.41 Å². The SMILES string of the molecule is O=CNc1cc(-c2ccc(CS(=O)O)cc2)[nH]n1. The average Bonchev–Trinajstić information content (AvgIpc) is 2.78. The molecule has 18 heavy (non-hydrogen) atoms. The van der Waals surface area contributed by atoms with Crippen molar-refractivity contribution in [1.29, 1.82) is 0 Å². The predicted octanol–water partition coefficient (Wildman–Crippen LogP) is 1.37. The van der Waals surface area contributed by atoms with E-state index >= 15 is 0 Å². The molecule has 3 N–H and O–H groups in total. The number of aromatic amines is 1. The smallest absolute Gasteiger partial charge is 0.212 e. The van der Waals surface area contributed by atoms with E-state index in [1.165, 1.54) is 0 Å². The molecule has 1 unspecified atom stereocenters. The van der Waals surface area contributed by atoms with Gasteiger partial charge < -0.3 is 9.87 Å². The maximum Gasteiger partial charge on any atom is 0.212 e. The van der Waals surface area contributed by atoms with Gasteiger partial charge in [0.1, 0.15) is 0 Å². The Kier molecular flexibility index (Phi) is 3.85. The molecule has 0 fully saturated rings. The Morgan fingerprint density at radius 2 is 2.11 bits per heavy atom. The number of H-pyrrole nitrogens is 1. The van der Waals surface area contributed by atoms with E-state index in [2.05, 4.69) is 15.5 Å². The summed E-state index contributed by atoms with van der Waals surface area (Å²) in [6, 6.07) is 8.89. The minimum atomic E-state index is -1.84. The van der Waals surface area contributed by atoms with E-state index in [1.54, 1.807) is 18.2 Å². The number of nitrogens with one attached hydrogen (secondary N) is 2. The van der Waals surface area contributed by atoms with Gasteiger partial charge in [-0.2, -0.15) is 5.10 Å². The van der Waals surface area contributed by atoms with E-state index in [9.17, 15) is 9.00 Å². The lowest BCUT2D eigenvalue weighted by atomic mass is 10.1. The molecule has 0 bridgehead atoms. The van der Waals surface area contributed by atoms with Crippen LogP contribution in [0.5, 0.6) is 0 Å². The van der Waals surface area contributed by atoms with Crippen molar-refractivity contribution < 1.29 is 13.6 Å². The highest BCUT2D eigenvalue weighted by Crippen LogP contribution is 2.20. The fourth-order valence-electron chi connectivity index (χ4n) is 1.53. The number of benzene rings is 1. The number of carbonyl (C=O) groups is 1. The van der Waals surface area contributed by atoms with E-state index in [-0.39, 0.29) is 5.75 Å². The van der Waals surface area contributed by atoms with Crippen LogP contribution in [0.15, 0.2) is 30.3 Å². The van der Waals surface area contributed by atoms with Crippen molar-refractivity contribution in [3.05, 3.63) is 35.9 Å². The number of aromatic nitrogens is 2. The van der Waals surface area contributed by atoms with Crippen molar-refractivity contribution in [2.24, 2.45) is 0 Å². The molecule has 0 aliphatic rings. The van der Waals surface area contributed by atoms with Gasteiger partial charge in [0.15, 0.2) is 16.9 Å². The van der Waals surface area contributed by atoms with Crippen molar-refractivity contribution in [3.63, 3.8) is 0 Å². The van der Waals surface area contributed by atoms with Crippen molar-refractivity contribution >= 4 is 23.3 Å². The molecule has 1 aromatic carbocycles. The highest BCUT2D eigenvalue weighted by Gasteiger charge is 2.04. The molecule has 2 aromatic rings. The summed E-state index contributed by atoms with van der Waals surface area (Å²) in [5.74, 6) is 0.557. The summed E-state index contributed by atoms with van der Waals surface area (Å²) >= 11 is -1.84. The van der Waals surface area contributed by atoms with Gasteiger partial charge in [-0.25, -0.2) is 4.21 Å². The van der Waals surface area contributed by atoms with Gasteiger partial charge in [-0.05, 0) is 11.1 Å². The first kappa shape index (κ1) is 12.5. The molecule has 94 valence electrons. The van der Waals surface area contributed by atoms with E-state index in [0.29, 0.717) is 12.2 Å². The molecule has 1 atom stereocenters. The van der Waals surface area contributed by atoms with E-state index in [0.717, 1.165) is 16.8 Å². The summed E-state index contributed by atoms with van der Waals surface area (Å²) < 4.78 is 19.4. The fraction of sp³-hybridized carbons (Fsp3) is 0.0909. The zero-order chi connectivity index (χ0) is 13.0. The minimum Gasteiger partial charge on any atom is -0.312 e. The van der Waals surface area contributed by atoms with Gasteiger partial charge in [0.25, 0.3) is 0 Å². The van der Waals surface area contributed by atoms with Crippen LogP contribution in [0.2, 0.25) is 0 Å². The molecule has 1 amide bonds. The Labute approximate surface area is 106 Å². The molecule has 6 nitrogen and oxygen atoms in total. The van der Waals surface area contributed by atoms with Gasteiger partial charge in [-0.1, -0.05) is 24.3 Å². The first-order valence-electron chi connectivity index (χ1n) is 5.11. The molecule has 0 saturated heterocycles. The summed E-state index contributed by atoms with van der Waals surface area (Å²) in [6.07, 6.45) is 0.555. The van der Waals surface area contributed by atoms with Crippen molar-refractivity contribution in [3.8, 4) is 11.3 Å². The summed E-state index contributed by atoms with van der Waals surface area (Å²) in [5.41, 5.74) is 2.43. The summed E-state index contributed by atoms with van der Waals surface area (Å²) in [7, 11) is 0. The first-order valence-corrected chi connectivity index (χ1v) is 6.39. The van der Waals surface area contributed by atoms with Gasteiger partial charge in [-0.3, -0.25) is 9.89 Å². The predicted molar refractivity (Wildman–Crippen MR) is 68.2 cm³/mol. The Morgan fingerprint density at radius 3 is 2.72 bits per heavy atom. The standard InChI is InChI=1S/C11H11N3O3S/c15-7-12-11-5-10(13-14-11)9-3-1-8(2-4-9)6-18(16)17/h1-5,7H,6H2,(H,16,17)(H2,12,13,14,15). The largest absolute Gasteiger partial charge is 0.312 e. The van der Waals surface area contributed by atoms with Gasteiger partial charge in [-0.15, -0.1) is 0 Å². The first-order chi connectivity index (χ1) is 8.69. The average molecular weight is 265 g/mol. The maximum atomic E-state index is 10.7. The van der Waals surface area contributed by atoms with Crippen LogP contribution in [0.1, 0.15) is 5.56 Å². The van der Waals surface area contributed by atoms with Crippen molar-refractivity contribution in [2.45, 2.75) is 5.75 Å². The Bertz CT molecular complexity index is 565. The molecule has 2 rings (SSSR count). The number of nitrogens with zero attached hydrogens (tertiary/aromatic N) is 1. The van der Waals surface area contributed by atoms with Crippen LogP contribution in [-0.2, 0) is 21.6 Å². The van der Waals surface area contributed by atoms with E-state index < -0.39 is 11.1 Å². The number of carbonyl (C=O) groups excluding carboxylic acids is 1. The number of hydrogen-bond donors (Lipinski definition) is 3. The monoisotopic (exact) mass is 265 g/mol. The summed E-state index contributed by atoms with van der Waals surface area (Å²) in [4.78, 5) is 10.2. The zero-order valence-electron chi connectivity index (χ0n) is 9.29. The minimum absolute atomic E-state index is 0.112. The zero-order valence-corrected chi connectivity index (χ0v) is 10.1. The molecule has 1 heterocycles. The normalized spacial score (nSPS) is 12.1. The molecule has 0 radical (unpaired) electrons. The second-order valence-electron chi connectivity index (χ2n) is 3.59. The lowest BCUT2D eigenvalue weighted by Gasteiger charge is -2.00. The van der Waals surface area contributed by atoms with Crippen LogP contribution in [0.4, 0.5) is 5.82 Å². The van der Waals surface area contributed by atoms with E-state index in [4.69, 9.17) is 4.55 Å². The quantitative estimate of drug-likeness (QED) is 0.562. The summed E-state index contributed by atoms with van der Waals surface area (Å²) in [5, 5.41) is 9.12. The molecular weight excluding hydrogens is 254 g/mol. The second kappa shape index (κ2) is 5.56. The highest BCUT2D eigenvalue weighted by molar-refractivity contribution is 7.78. The third-order valence-corrected chi connectivity index (χ3v) is 2.92. The molecule has 7 heteroatoms. The molecule has 0 aliphatic carbocycles. The number of amides is 1. The molecule has 0 saturated carbocycles. The van der Waals surface area contributed by atoms with Gasteiger partial charge >= 0.3 is 0 Å². The Morgan fingerprint density at radius 1 is 1.39 bits per heavy atom. The highest BCUT2D eigenvalue weighted by atomic mass is 32.2. The molecule has 1 aromatic heterocycles. The van der Waals surface area contributed by atoms with Crippen LogP contribution in [0.3, 0.4) is 0 Å². The van der Waals surface area contributed by atoms with Crippen LogP contribution >= 0.6 is 0 Å². The van der Waals surface area contributed by atoms with Crippen molar-refractivity contribution in [1.82, 2.24) is 10.2 Å². The number of anilines is 1. The van der Waals surface area contributed by atoms with Gasteiger partial charge in [0.05, 0.1) is 11.4 Å². The lowest BCUT2D eigenvalue weighted by Crippen LogP contribution is -1.92. The molecular formula is C11H11N3O3S. The maximum absolute atomic E-state index is 10.7. The van der Waals surface area contributed by atoms with Crippen LogP contribution < -0.4 is 5.32 Å². The van der Waals surface area contributed by atoms with Crippen LogP contribution in [0, 0.1) is 0 Å².